The molecule has 280 valence electrons. The maximum absolute atomic E-state index is 4.93. The molecular weight excluding hydrogens is 791 g/mol. The summed E-state index contributed by atoms with van der Waals surface area (Å²) in [6.07, 6.45) is 11.7. The van der Waals surface area contributed by atoms with E-state index in [1.54, 1.807) is 40.7 Å². The van der Waals surface area contributed by atoms with Crippen LogP contribution in [-0.4, -0.2) is 3.21 Å². The Balaban J connectivity index is 0.000000185. The number of hydrogen-bond donors (Lipinski definition) is 0. The fraction of sp³-hybridized carbons (Fsp3) is 0.255. The van der Waals surface area contributed by atoms with E-state index in [1.807, 2.05) is 6.07 Å². The Kier molecular flexibility index (Phi) is 13.9. The van der Waals surface area contributed by atoms with E-state index in [1.165, 1.54) is 77.2 Å². The number of allylic oxidation sites excluding steroid dienone is 4. The van der Waals surface area contributed by atoms with E-state index in [0.29, 0.717) is 23.7 Å². The van der Waals surface area contributed by atoms with Crippen molar-refractivity contribution in [2.24, 2.45) is 11.8 Å². The SMILES string of the molecule is Cc1cc2c(c(C)c1C)C(C)c1c3c(c4ccccc4c1-2)C(C)C(C)C(C)[C-]3C.[C-]1=C(c2ccoc2)C=CC1.[Cl-].[Cl-].[Zr+2]=[C](c1ccccc1)c1ccccc1. The summed E-state index contributed by atoms with van der Waals surface area (Å²) in [5, 5.41) is 2.93. The monoisotopic (exact) mass is 838 g/mol. The topological polar surface area (TPSA) is 13.1 Å². The summed E-state index contributed by atoms with van der Waals surface area (Å²) < 4.78 is 6.35. The van der Waals surface area contributed by atoms with E-state index in [0.717, 1.165) is 17.6 Å². The van der Waals surface area contributed by atoms with E-state index in [-0.39, 0.29) is 24.8 Å². The third kappa shape index (κ3) is 7.98. The van der Waals surface area contributed by atoms with Crippen molar-refractivity contribution in [1.82, 2.24) is 0 Å². The summed E-state index contributed by atoms with van der Waals surface area (Å²) in [4.78, 5) is 0. The number of furan rings is 1. The van der Waals surface area contributed by atoms with E-state index in [4.69, 9.17) is 4.42 Å². The van der Waals surface area contributed by atoms with Crippen molar-refractivity contribution < 1.29 is 53.5 Å². The first-order chi connectivity index (χ1) is 25.6. The van der Waals surface area contributed by atoms with Crippen molar-refractivity contribution in [2.45, 2.75) is 73.6 Å². The summed E-state index contributed by atoms with van der Waals surface area (Å²) in [6.45, 7) is 19.1. The third-order valence-electron chi connectivity index (χ3n) is 12.4. The summed E-state index contributed by atoms with van der Waals surface area (Å²) in [7, 11) is 0. The molecule has 1 nitrogen and oxygen atoms in total. The molecule has 3 aliphatic carbocycles. The van der Waals surface area contributed by atoms with Gasteiger partial charge in [-0.05, 0) is 59.9 Å². The molecule has 5 aromatic carbocycles. The number of fused-ring (bicyclic) bond motifs is 8. The van der Waals surface area contributed by atoms with Gasteiger partial charge in [-0.15, -0.1) is 17.2 Å². The molecule has 3 aliphatic rings. The van der Waals surface area contributed by atoms with Crippen LogP contribution in [-0.2, 0) is 24.2 Å². The predicted octanol–water partition coefficient (Wildman–Crippen LogP) is 7.47. The average Bonchev–Trinajstić information content (AvgIpc) is 3.98. The van der Waals surface area contributed by atoms with Gasteiger partial charge in [0.05, 0.1) is 6.26 Å². The molecule has 0 N–H and O–H groups in total. The molecule has 0 saturated heterocycles. The van der Waals surface area contributed by atoms with E-state index in [9.17, 15) is 0 Å². The van der Waals surface area contributed by atoms with Crippen LogP contribution in [0.2, 0.25) is 0 Å². The van der Waals surface area contributed by atoms with Gasteiger partial charge in [0.25, 0.3) is 0 Å². The Morgan fingerprint density at radius 3 is 1.91 bits per heavy atom. The van der Waals surface area contributed by atoms with Gasteiger partial charge in [-0.3, -0.25) is 0 Å². The molecule has 1 heterocycles. The summed E-state index contributed by atoms with van der Waals surface area (Å²) in [6, 6.07) is 34.7. The number of aryl methyl sites for hydroxylation is 1. The number of benzene rings is 5. The van der Waals surface area contributed by atoms with Crippen LogP contribution in [0, 0.1) is 44.6 Å². The Morgan fingerprint density at radius 2 is 1.35 bits per heavy atom. The van der Waals surface area contributed by atoms with Gasteiger partial charge in [-0.1, -0.05) is 112 Å². The van der Waals surface area contributed by atoms with Gasteiger partial charge in [0.2, 0.25) is 0 Å². The van der Waals surface area contributed by atoms with Gasteiger partial charge in [0, 0.05) is 6.26 Å². The van der Waals surface area contributed by atoms with Crippen LogP contribution in [0.25, 0.3) is 27.5 Å². The molecule has 0 radical (unpaired) electrons. The van der Waals surface area contributed by atoms with Gasteiger partial charge in [0.15, 0.2) is 0 Å². The Morgan fingerprint density at radius 1 is 0.745 bits per heavy atom. The second-order valence-electron chi connectivity index (χ2n) is 15.2. The maximum atomic E-state index is 4.93. The zero-order valence-corrected chi connectivity index (χ0v) is 37.2. The first-order valence-electron chi connectivity index (χ1n) is 19.1. The second-order valence-corrected chi connectivity index (χ2v) is 16.4. The molecule has 0 bridgehead atoms. The molecule has 4 unspecified atom stereocenters. The van der Waals surface area contributed by atoms with E-state index in [2.05, 4.69) is 165 Å². The van der Waals surface area contributed by atoms with Gasteiger partial charge in [0.1, 0.15) is 0 Å². The zero-order chi connectivity index (χ0) is 37.4. The second kappa shape index (κ2) is 18.1. The van der Waals surface area contributed by atoms with Crippen LogP contribution in [0.4, 0.5) is 0 Å². The number of rotatable bonds is 3. The summed E-state index contributed by atoms with van der Waals surface area (Å²) in [5.74, 6) is 3.94. The molecular formula is C51H50Cl2OZr-2. The fourth-order valence-corrected chi connectivity index (χ4v) is 9.65. The minimum atomic E-state index is 0. The fourth-order valence-electron chi connectivity index (χ4n) is 8.83. The molecule has 55 heavy (non-hydrogen) atoms. The molecule has 9 rings (SSSR count). The minimum absolute atomic E-state index is 0. The van der Waals surface area contributed by atoms with Gasteiger partial charge in [-0.2, -0.15) is 29.2 Å². The van der Waals surface area contributed by atoms with Crippen LogP contribution >= 0.6 is 0 Å². The third-order valence-corrected chi connectivity index (χ3v) is 13.8. The molecule has 4 heteroatoms. The van der Waals surface area contributed by atoms with Crippen LogP contribution in [0.5, 0.6) is 0 Å². The molecule has 0 amide bonds. The van der Waals surface area contributed by atoms with Crippen LogP contribution in [0.3, 0.4) is 0 Å². The summed E-state index contributed by atoms with van der Waals surface area (Å²) in [5.41, 5.74) is 18.7. The quantitative estimate of drug-likeness (QED) is 0.169. The van der Waals surface area contributed by atoms with Crippen molar-refractivity contribution in [3.05, 3.63) is 189 Å². The molecule has 0 fully saturated rings. The average molecular weight is 841 g/mol. The summed E-state index contributed by atoms with van der Waals surface area (Å²) >= 11 is 1.46. The standard InChI is InChI=1S/C29H33.C13H10.C9H7O.2ClH.Zr/c1-14-13-24-25(18(5)15(14)2)21(8)28-27-20(7)17(4)16(3)19(6)26(27)22-11-9-10-12-23(22)29(24)28;1-3-7-12(8-4-1)11-13-9-5-2-6-10-13;1-2-4-8(3-1)9-5-6-10-7-9;;;/h9-13,16-17,19,21H,1-8H3;1-10H;1,3,5-7H,2H2;2*1H;/q-1;;-1;;;+2/p-2. The van der Waals surface area contributed by atoms with E-state index < -0.39 is 0 Å². The molecule has 1 aromatic heterocycles. The molecule has 0 spiro atoms. The molecule has 0 aliphatic heterocycles. The van der Waals surface area contributed by atoms with Gasteiger partial charge >= 0.3 is 99.2 Å². The Bertz CT molecular complexity index is 2290. The van der Waals surface area contributed by atoms with Crippen molar-refractivity contribution in [2.75, 3.05) is 0 Å². The van der Waals surface area contributed by atoms with E-state index >= 15 is 0 Å². The van der Waals surface area contributed by atoms with Crippen LogP contribution in [0.1, 0.15) is 109 Å². The number of hydrogen-bond acceptors (Lipinski definition) is 1. The van der Waals surface area contributed by atoms with Crippen molar-refractivity contribution >= 4 is 19.6 Å². The molecule has 6 aromatic rings. The van der Waals surface area contributed by atoms with Gasteiger partial charge < -0.3 is 29.2 Å². The Hall–Kier alpha value is -3.68. The van der Waals surface area contributed by atoms with Crippen molar-refractivity contribution in [3.8, 4) is 11.1 Å². The first kappa shape index (κ1) is 42.5. The molecule has 0 saturated carbocycles. The first-order valence-corrected chi connectivity index (χ1v) is 20.4. The predicted molar refractivity (Wildman–Crippen MR) is 221 cm³/mol. The normalized spacial score (nSPS) is 18.7. The Labute approximate surface area is 356 Å². The van der Waals surface area contributed by atoms with Gasteiger partial charge in [-0.25, -0.2) is 0 Å². The van der Waals surface area contributed by atoms with Crippen LogP contribution in [0.15, 0.2) is 126 Å². The van der Waals surface area contributed by atoms with Crippen molar-refractivity contribution in [3.63, 3.8) is 0 Å². The van der Waals surface area contributed by atoms with Crippen molar-refractivity contribution in [1.29, 1.82) is 0 Å². The number of halogens is 2. The molecule has 4 atom stereocenters. The van der Waals surface area contributed by atoms with Crippen LogP contribution < -0.4 is 24.8 Å². The zero-order valence-electron chi connectivity index (χ0n) is 33.2.